The molecule has 1 unspecified atom stereocenters. The summed E-state index contributed by atoms with van der Waals surface area (Å²) in [7, 11) is -3.42. The molecule has 22 heavy (non-hydrogen) atoms. The van der Waals surface area contributed by atoms with Crippen LogP contribution in [0.3, 0.4) is 0 Å². The third-order valence-electron chi connectivity index (χ3n) is 4.60. The van der Waals surface area contributed by atoms with Crippen molar-refractivity contribution in [2.75, 3.05) is 19.0 Å². The highest BCUT2D eigenvalue weighted by molar-refractivity contribution is 7.89. The lowest BCUT2D eigenvalue weighted by atomic mass is 9.88. The molecule has 118 valence electrons. The van der Waals surface area contributed by atoms with Crippen LogP contribution in [0.2, 0.25) is 0 Å². The van der Waals surface area contributed by atoms with Crippen molar-refractivity contribution in [2.24, 2.45) is 11.8 Å². The Kier molecular flexibility index (Phi) is 4.48. The van der Waals surface area contributed by atoms with E-state index in [9.17, 15) is 13.7 Å². The second kappa shape index (κ2) is 6.37. The fourth-order valence-electron chi connectivity index (χ4n) is 3.23. The summed E-state index contributed by atoms with van der Waals surface area (Å²) in [6.45, 7) is 2.09. The van der Waals surface area contributed by atoms with Gasteiger partial charge in [0.05, 0.1) is 17.7 Å². The summed E-state index contributed by atoms with van der Waals surface area (Å²) in [6.07, 6.45) is 1.54. The predicted octanol–water partition coefficient (Wildman–Crippen LogP) is 1.90. The molecule has 2 heterocycles. The molecule has 0 radical (unpaired) electrons. The Hall–Kier alpha value is -1.42. The van der Waals surface area contributed by atoms with Crippen LogP contribution in [0.4, 0.5) is 0 Å². The number of benzene rings is 1. The minimum Gasteiger partial charge on any atom is -0.381 e. The van der Waals surface area contributed by atoms with Gasteiger partial charge in [-0.3, -0.25) is 0 Å². The Labute approximate surface area is 131 Å². The zero-order chi connectivity index (χ0) is 15.6. The van der Waals surface area contributed by atoms with E-state index in [4.69, 9.17) is 4.74 Å². The van der Waals surface area contributed by atoms with E-state index in [1.807, 2.05) is 24.3 Å². The van der Waals surface area contributed by atoms with Gasteiger partial charge in [-0.15, -0.1) is 0 Å². The molecule has 1 aromatic carbocycles. The molecule has 5 nitrogen and oxygen atoms in total. The minimum absolute atomic E-state index is 0.0812. The van der Waals surface area contributed by atoms with Crippen LogP contribution in [0.15, 0.2) is 24.3 Å². The molecule has 1 atom stereocenters. The summed E-state index contributed by atoms with van der Waals surface area (Å²) >= 11 is 0. The molecule has 1 aromatic rings. The van der Waals surface area contributed by atoms with Gasteiger partial charge in [0.1, 0.15) is 0 Å². The molecule has 0 aromatic heterocycles. The first-order valence-corrected chi connectivity index (χ1v) is 9.23. The fraction of sp³-hybridized carbons (Fsp3) is 0.562. The number of fused-ring (bicyclic) bond motifs is 1. The molecule has 0 spiro atoms. The van der Waals surface area contributed by atoms with Gasteiger partial charge in [-0.05, 0) is 29.9 Å². The SMILES string of the molecule is N#CC(CS(=O)(=O)N1Cc2ccccc2C1)C1CCOCC1. The van der Waals surface area contributed by atoms with E-state index in [0.717, 1.165) is 24.0 Å². The van der Waals surface area contributed by atoms with Crippen LogP contribution in [0.5, 0.6) is 0 Å². The van der Waals surface area contributed by atoms with Gasteiger partial charge in [-0.25, -0.2) is 8.42 Å². The molecule has 0 N–H and O–H groups in total. The molecule has 2 aliphatic rings. The van der Waals surface area contributed by atoms with Gasteiger partial charge >= 0.3 is 0 Å². The summed E-state index contributed by atoms with van der Waals surface area (Å²) in [6, 6.07) is 9.99. The van der Waals surface area contributed by atoms with Crippen LogP contribution >= 0.6 is 0 Å². The maximum atomic E-state index is 12.7. The molecule has 1 saturated heterocycles. The first-order valence-electron chi connectivity index (χ1n) is 7.62. The van der Waals surface area contributed by atoms with Crippen LogP contribution in [0, 0.1) is 23.2 Å². The van der Waals surface area contributed by atoms with E-state index in [1.54, 1.807) is 0 Å². The Bertz CT molecular complexity index is 650. The molecule has 3 rings (SSSR count). The van der Waals surface area contributed by atoms with Crippen molar-refractivity contribution in [3.8, 4) is 6.07 Å². The van der Waals surface area contributed by atoms with Crippen molar-refractivity contribution in [2.45, 2.75) is 25.9 Å². The highest BCUT2D eigenvalue weighted by atomic mass is 32.2. The number of nitrogens with zero attached hydrogens (tertiary/aromatic N) is 2. The summed E-state index contributed by atoms with van der Waals surface area (Å²) in [5.74, 6) is -0.404. The highest BCUT2D eigenvalue weighted by Gasteiger charge is 2.34. The van der Waals surface area contributed by atoms with E-state index in [-0.39, 0.29) is 11.7 Å². The highest BCUT2D eigenvalue weighted by Crippen LogP contribution is 2.29. The number of hydrogen-bond donors (Lipinski definition) is 0. The second-order valence-electron chi connectivity index (χ2n) is 6.00. The number of sulfonamides is 1. The monoisotopic (exact) mass is 320 g/mol. The zero-order valence-corrected chi connectivity index (χ0v) is 13.3. The van der Waals surface area contributed by atoms with Gasteiger partial charge < -0.3 is 4.74 Å². The predicted molar refractivity (Wildman–Crippen MR) is 82.1 cm³/mol. The molecular formula is C16H20N2O3S. The molecule has 2 aliphatic heterocycles. The van der Waals surface area contributed by atoms with Crippen molar-refractivity contribution in [1.29, 1.82) is 5.26 Å². The first-order chi connectivity index (χ1) is 10.6. The van der Waals surface area contributed by atoms with Crippen molar-refractivity contribution < 1.29 is 13.2 Å². The van der Waals surface area contributed by atoms with E-state index in [1.165, 1.54) is 4.31 Å². The number of rotatable bonds is 4. The zero-order valence-electron chi connectivity index (χ0n) is 12.4. The largest absolute Gasteiger partial charge is 0.381 e. The fourth-order valence-corrected chi connectivity index (χ4v) is 4.91. The topological polar surface area (TPSA) is 70.4 Å². The van der Waals surface area contributed by atoms with Crippen molar-refractivity contribution >= 4 is 10.0 Å². The quantitative estimate of drug-likeness (QED) is 0.849. The summed E-state index contributed by atoms with van der Waals surface area (Å²) in [5.41, 5.74) is 2.12. The summed E-state index contributed by atoms with van der Waals surface area (Å²) < 4.78 is 32.1. The summed E-state index contributed by atoms with van der Waals surface area (Å²) in [5, 5.41) is 9.38. The Morgan fingerprint density at radius 1 is 1.23 bits per heavy atom. The van der Waals surface area contributed by atoms with E-state index in [2.05, 4.69) is 6.07 Å². The van der Waals surface area contributed by atoms with E-state index >= 15 is 0 Å². The average molecular weight is 320 g/mol. The van der Waals surface area contributed by atoms with Gasteiger partial charge in [0.25, 0.3) is 0 Å². The standard InChI is InChI=1S/C16H20N2O3S/c17-9-16(13-5-7-21-8-6-13)12-22(19,20)18-10-14-3-1-2-4-15(14)11-18/h1-4,13,16H,5-8,10-12H2. The van der Waals surface area contributed by atoms with E-state index < -0.39 is 15.9 Å². The van der Waals surface area contributed by atoms with Crippen LogP contribution in [-0.4, -0.2) is 31.7 Å². The second-order valence-corrected chi connectivity index (χ2v) is 8.01. The van der Waals surface area contributed by atoms with Crippen molar-refractivity contribution in [3.05, 3.63) is 35.4 Å². The lowest BCUT2D eigenvalue weighted by Gasteiger charge is -2.27. The van der Waals surface area contributed by atoms with E-state index in [0.29, 0.717) is 26.3 Å². The maximum absolute atomic E-state index is 12.7. The molecule has 0 amide bonds. The van der Waals surface area contributed by atoms with Gasteiger partial charge in [-0.2, -0.15) is 9.57 Å². The van der Waals surface area contributed by atoms with Gasteiger partial charge in [0, 0.05) is 26.3 Å². The third kappa shape index (κ3) is 3.17. The molecule has 0 aliphatic carbocycles. The Balaban J connectivity index is 1.70. The van der Waals surface area contributed by atoms with Gasteiger partial charge in [0.15, 0.2) is 0 Å². The lowest BCUT2D eigenvalue weighted by Crippen LogP contribution is -2.34. The minimum atomic E-state index is -3.42. The number of nitriles is 1. The van der Waals surface area contributed by atoms with Gasteiger partial charge in [-0.1, -0.05) is 24.3 Å². The van der Waals surface area contributed by atoms with Crippen LogP contribution in [-0.2, 0) is 27.8 Å². The van der Waals surface area contributed by atoms with Crippen LogP contribution < -0.4 is 0 Å². The molecule has 0 bridgehead atoms. The lowest BCUT2D eigenvalue weighted by molar-refractivity contribution is 0.0571. The molecule has 0 saturated carbocycles. The number of hydrogen-bond acceptors (Lipinski definition) is 4. The molecular weight excluding hydrogens is 300 g/mol. The normalized spacial score (nSPS) is 21.2. The average Bonchev–Trinajstić information content (AvgIpc) is 2.98. The van der Waals surface area contributed by atoms with Gasteiger partial charge in [0.2, 0.25) is 10.0 Å². The van der Waals surface area contributed by atoms with Crippen molar-refractivity contribution in [1.82, 2.24) is 4.31 Å². The molecule has 1 fully saturated rings. The first kappa shape index (κ1) is 15.5. The summed E-state index contributed by atoms with van der Waals surface area (Å²) in [4.78, 5) is 0. The Morgan fingerprint density at radius 2 is 1.82 bits per heavy atom. The number of ether oxygens (including phenoxy) is 1. The Morgan fingerprint density at radius 3 is 2.36 bits per heavy atom. The molecule has 6 heteroatoms. The smallest absolute Gasteiger partial charge is 0.216 e. The maximum Gasteiger partial charge on any atom is 0.216 e. The van der Waals surface area contributed by atoms with Crippen molar-refractivity contribution in [3.63, 3.8) is 0 Å². The van der Waals surface area contributed by atoms with Crippen LogP contribution in [0.1, 0.15) is 24.0 Å². The third-order valence-corrected chi connectivity index (χ3v) is 6.42. The van der Waals surface area contributed by atoms with Crippen LogP contribution in [0.25, 0.3) is 0 Å².